The number of carbonyl (C=O) groups excluding carboxylic acids is 1. The van der Waals surface area contributed by atoms with Crippen LogP contribution in [0.3, 0.4) is 0 Å². The molecule has 1 saturated carbocycles. The van der Waals surface area contributed by atoms with Gasteiger partial charge in [-0.15, -0.1) is 0 Å². The van der Waals surface area contributed by atoms with E-state index in [4.69, 9.17) is 38.9 Å². The van der Waals surface area contributed by atoms with Gasteiger partial charge >= 0.3 is 0 Å². The Morgan fingerprint density at radius 1 is 1.30 bits per heavy atom. The Balaban J connectivity index is 1.77. The molecule has 1 amide bonds. The molecular formula is C25H30Cl2N8O2. The number of imidazole rings is 1. The Labute approximate surface area is 225 Å². The molecule has 0 saturated heterocycles. The van der Waals surface area contributed by atoms with E-state index in [-0.39, 0.29) is 40.6 Å². The summed E-state index contributed by atoms with van der Waals surface area (Å²) in [7, 11) is 0. The maximum Gasteiger partial charge on any atom is 0.224 e. The second-order valence-corrected chi connectivity index (χ2v) is 10.2. The number of anilines is 3. The number of halogens is 2. The van der Waals surface area contributed by atoms with Crippen molar-refractivity contribution in [1.82, 2.24) is 19.5 Å². The van der Waals surface area contributed by atoms with Crippen LogP contribution < -0.4 is 16.4 Å². The summed E-state index contributed by atoms with van der Waals surface area (Å²) < 4.78 is 1.94. The summed E-state index contributed by atoms with van der Waals surface area (Å²) in [4.78, 5) is 25.6. The summed E-state index contributed by atoms with van der Waals surface area (Å²) in [6, 6.07) is 5.03. The molecule has 0 radical (unpaired) electrons. The predicted octanol–water partition coefficient (Wildman–Crippen LogP) is 5.07. The first kappa shape index (κ1) is 26.9. The lowest BCUT2D eigenvalue weighted by atomic mass is 9.93. The quantitative estimate of drug-likeness (QED) is 0.275. The molecule has 1 aromatic carbocycles. The number of rotatable bonds is 10. The normalized spacial score (nSPS) is 18.4. The van der Waals surface area contributed by atoms with Gasteiger partial charge in [0.2, 0.25) is 17.8 Å². The van der Waals surface area contributed by atoms with Crippen LogP contribution in [0.15, 0.2) is 18.3 Å². The van der Waals surface area contributed by atoms with Crippen LogP contribution in [0, 0.1) is 11.3 Å². The van der Waals surface area contributed by atoms with E-state index in [9.17, 15) is 15.2 Å². The number of aromatic nitrogens is 4. The fourth-order valence-corrected chi connectivity index (χ4v) is 5.37. The van der Waals surface area contributed by atoms with Crippen LogP contribution in [0.25, 0.3) is 11.2 Å². The Morgan fingerprint density at radius 3 is 2.70 bits per heavy atom. The highest BCUT2D eigenvalue weighted by Crippen LogP contribution is 2.37. The summed E-state index contributed by atoms with van der Waals surface area (Å²) >= 11 is 12.9. The second kappa shape index (κ2) is 11.9. The van der Waals surface area contributed by atoms with Crippen molar-refractivity contribution in [3.05, 3.63) is 33.9 Å². The summed E-state index contributed by atoms with van der Waals surface area (Å²) in [6.45, 7) is 2.06. The minimum Gasteiger partial charge on any atom is -0.393 e. The molecule has 196 valence electrons. The van der Waals surface area contributed by atoms with Gasteiger partial charge in [0.1, 0.15) is 5.52 Å². The smallest absolute Gasteiger partial charge is 0.224 e. The number of nitrogens with two attached hydrogens (primary N) is 1. The first-order chi connectivity index (χ1) is 17.8. The molecule has 2 aromatic heterocycles. The highest BCUT2D eigenvalue weighted by atomic mass is 35.5. The van der Waals surface area contributed by atoms with Crippen molar-refractivity contribution in [2.45, 2.75) is 76.5 Å². The molecule has 1 aliphatic rings. The molecule has 1 aliphatic carbocycles. The topological polar surface area (TPSA) is 155 Å². The molecule has 0 spiro atoms. The van der Waals surface area contributed by atoms with Crippen molar-refractivity contribution in [1.29, 1.82) is 5.26 Å². The number of carbonyl (C=O) groups is 1. The number of nitrogens with one attached hydrogen (secondary N) is 2. The standard InChI is InChI=1S/C25H30Cl2N8O2/c1-2-4-16(7-8-21(29)37)35-23-20(13-30-24(34-23)31-15-5-3-6-17(36)11-15)32-25(35)33-22-18(26)9-14(12-28)10-19(22)27/h9-10,13,15-17,36H,2-8,11H2,1H3,(H2,29,37)(H,32,33)(H,30,31,34)/t15-,16-,17-/m1/s1. The van der Waals surface area contributed by atoms with E-state index in [0.717, 1.165) is 32.1 Å². The van der Waals surface area contributed by atoms with Crippen molar-refractivity contribution in [2.75, 3.05) is 10.6 Å². The average molecular weight is 545 g/mol. The fraction of sp³-hybridized carbons (Fsp3) is 0.480. The number of hydrogen-bond acceptors (Lipinski definition) is 8. The number of nitrogens with zero attached hydrogens (tertiary/aromatic N) is 5. The lowest BCUT2D eigenvalue weighted by molar-refractivity contribution is -0.118. The third kappa shape index (κ3) is 6.42. The van der Waals surface area contributed by atoms with Crippen LogP contribution in [0.4, 0.5) is 17.6 Å². The first-order valence-electron chi connectivity index (χ1n) is 12.4. The average Bonchev–Trinajstić information content (AvgIpc) is 3.21. The second-order valence-electron chi connectivity index (χ2n) is 9.37. The largest absolute Gasteiger partial charge is 0.393 e. The molecule has 3 aromatic rings. The van der Waals surface area contributed by atoms with Gasteiger partial charge in [-0.3, -0.25) is 9.36 Å². The van der Waals surface area contributed by atoms with E-state index in [1.165, 1.54) is 12.1 Å². The van der Waals surface area contributed by atoms with E-state index in [2.05, 4.69) is 22.5 Å². The van der Waals surface area contributed by atoms with E-state index < -0.39 is 0 Å². The van der Waals surface area contributed by atoms with Gasteiger partial charge < -0.3 is 21.5 Å². The number of amides is 1. The number of aliphatic hydroxyl groups excluding tert-OH is 1. The maximum atomic E-state index is 11.6. The van der Waals surface area contributed by atoms with Crippen LogP contribution >= 0.6 is 23.2 Å². The number of hydrogen-bond donors (Lipinski definition) is 4. The highest BCUT2D eigenvalue weighted by Gasteiger charge is 2.25. The van der Waals surface area contributed by atoms with Crippen molar-refractivity contribution < 1.29 is 9.90 Å². The Kier molecular flexibility index (Phi) is 8.69. The van der Waals surface area contributed by atoms with Crippen LogP contribution in [-0.2, 0) is 4.79 Å². The minimum atomic E-state index is -0.383. The SMILES string of the molecule is CCC[C@H](CCC(N)=O)n1c(Nc2c(Cl)cc(C#N)cc2Cl)nc2cnc(N[C@@H]3CCC[C@@H](O)C3)nc21. The zero-order chi connectivity index (χ0) is 26.5. The van der Waals surface area contributed by atoms with Gasteiger partial charge in [-0.05, 0) is 50.7 Å². The molecule has 1 fully saturated rings. The maximum absolute atomic E-state index is 11.6. The number of nitriles is 1. The third-order valence-corrected chi connectivity index (χ3v) is 7.13. The lowest BCUT2D eigenvalue weighted by Crippen LogP contribution is -2.30. The molecule has 0 bridgehead atoms. The molecule has 0 unspecified atom stereocenters. The number of benzene rings is 1. The highest BCUT2D eigenvalue weighted by molar-refractivity contribution is 6.39. The van der Waals surface area contributed by atoms with E-state index in [0.29, 0.717) is 47.2 Å². The summed E-state index contributed by atoms with van der Waals surface area (Å²) in [6.07, 6.45) is 6.94. The molecule has 10 nitrogen and oxygen atoms in total. The van der Waals surface area contributed by atoms with Gasteiger partial charge in [0, 0.05) is 18.5 Å². The lowest BCUT2D eigenvalue weighted by Gasteiger charge is -2.26. The van der Waals surface area contributed by atoms with E-state index >= 15 is 0 Å². The zero-order valence-electron chi connectivity index (χ0n) is 20.5. The van der Waals surface area contributed by atoms with E-state index in [1.807, 2.05) is 10.6 Å². The molecule has 12 heteroatoms. The van der Waals surface area contributed by atoms with Crippen LogP contribution in [0.5, 0.6) is 0 Å². The summed E-state index contributed by atoms with van der Waals surface area (Å²) in [5, 5.41) is 26.4. The monoisotopic (exact) mass is 544 g/mol. The zero-order valence-corrected chi connectivity index (χ0v) is 22.1. The molecular weight excluding hydrogens is 515 g/mol. The van der Waals surface area contributed by atoms with Gasteiger partial charge in [-0.1, -0.05) is 36.5 Å². The van der Waals surface area contributed by atoms with Crippen molar-refractivity contribution in [3.63, 3.8) is 0 Å². The van der Waals surface area contributed by atoms with Crippen molar-refractivity contribution in [3.8, 4) is 6.07 Å². The van der Waals surface area contributed by atoms with E-state index in [1.54, 1.807) is 6.20 Å². The summed E-state index contributed by atoms with van der Waals surface area (Å²) in [5.41, 5.74) is 7.36. The van der Waals surface area contributed by atoms with Crippen LogP contribution in [-0.4, -0.2) is 42.7 Å². The van der Waals surface area contributed by atoms with Gasteiger partial charge in [0.25, 0.3) is 0 Å². The Bertz CT molecular complexity index is 1300. The molecule has 0 aliphatic heterocycles. The Hall–Kier alpha value is -3.13. The fourth-order valence-electron chi connectivity index (χ4n) is 4.79. The van der Waals surface area contributed by atoms with Crippen LogP contribution in [0.2, 0.25) is 10.0 Å². The minimum absolute atomic E-state index is 0.0766. The Morgan fingerprint density at radius 2 is 2.05 bits per heavy atom. The van der Waals surface area contributed by atoms with Gasteiger partial charge in [0.05, 0.1) is 39.7 Å². The first-order valence-corrected chi connectivity index (χ1v) is 13.2. The van der Waals surface area contributed by atoms with Gasteiger partial charge in [0.15, 0.2) is 5.65 Å². The summed E-state index contributed by atoms with van der Waals surface area (Å²) in [5.74, 6) is 0.496. The number of aliphatic hydroxyl groups is 1. The van der Waals surface area contributed by atoms with Crippen molar-refractivity contribution in [2.24, 2.45) is 5.73 Å². The van der Waals surface area contributed by atoms with Gasteiger partial charge in [-0.25, -0.2) is 9.97 Å². The number of primary amides is 1. The molecule has 3 atom stereocenters. The molecule has 5 N–H and O–H groups in total. The molecule has 4 rings (SSSR count). The predicted molar refractivity (Wildman–Crippen MR) is 144 cm³/mol. The third-order valence-electron chi connectivity index (χ3n) is 6.53. The number of fused-ring (bicyclic) bond motifs is 1. The molecule has 2 heterocycles. The van der Waals surface area contributed by atoms with Gasteiger partial charge in [-0.2, -0.15) is 10.2 Å². The molecule has 37 heavy (non-hydrogen) atoms. The van der Waals surface area contributed by atoms with Crippen molar-refractivity contribution >= 4 is 57.9 Å². The van der Waals surface area contributed by atoms with Crippen LogP contribution in [0.1, 0.15) is 69.9 Å².